The topological polar surface area (TPSA) is 57.2 Å². The number of hydrogen-bond donors (Lipinski definition) is 0. The summed E-state index contributed by atoms with van der Waals surface area (Å²) >= 11 is 0. The number of anilines is 1. The number of benzene rings is 2. The number of methoxy groups -OCH3 is 2. The highest BCUT2D eigenvalue weighted by Crippen LogP contribution is 2.41. The maximum absolute atomic E-state index is 13.0. The van der Waals surface area contributed by atoms with Crippen LogP contribution >= 0.6 is 0 Å². The highest BCUT2D eigenvalue weighted by molar-refractivity contribution is 6.11. The lowest BCUT2D eigenvalue weighted by molar-refractivity contribution is 0.103. The Hall–Kier alpha value is -3.15. The number of fused-ring (bicyclic) bond motifs is 1. The molecule has 1 aliphatic rings. The van der Waals surface area contributed by atoms with E-state index in [-0.39, 0.29) is 5.78 Å². The van der Waals surface area contributed by atoms with Gasteiger partial charge in [-0.05, 0) is 54.5 Å². The van der Waals surface area contributed by atoms with E-state index in [1.54, 1.807) is 27.2 Å². The SMILES string of the molecule is COc1ccc(C(=O)C(C)=Cc2cc(OC)c3c(c2)OCCO3)cc1N(C)C. The first-order valence-corrected chi connectivity index (χ1v) is 9.00. The van der Waals surface area contributed by atoms with Gasteiger partial charge in [-0.3, -0.25) is 4.79 Å². The summed E-state index contributed by atoms with van der Waals surface area (Å²) in [6, 6.07) is 9.11. The van der Waals surface area contributed by atoms with Crippen molar-refractivity contribution in [1.82, 2.24) is 0 Å². The van der Waals surface area contributed by atoms with Gasteiger partial charge in [0.2, 0.25) is 5.75 Å². The van der Waals surface area contributed by atoms with Crippen molar-refractivity contribution in [3.8, 4) is 23.0 Å². The molecule has 6 nitrogen and oxygen atoms in total. The molecule has 0 unspecified atom stereocenters. The molecule has 0 saturated carbocycles. The van der Waals surface area contributed by atoms with Crippen LogP contribution in [0.25, 0.3) is 6.08 Å². The summed E-state index contributed by atoms with van der Waals surface area (Å²) in [5.41, 5.74) is 2.87. The zero-order valence-corrected chi connectivity index (χ0v) is 16.9. The van der Waals surface area contributed by atoms with E-state index >= 15 is 0 Å². The monoisotopic (exact) mass is 383 g/mol. The molecule has 0 amide bonds. The highest BCUT2D eigenvalue weighted by Gasteiger charge is 2.19. The molecule has 0 aromatic heterocycles. The van der Waals surface area contributed by atoms with E-state index in [0.717, 1.165) is 17.0 Å². The van der Waals surface area contributed by atoms with Crippen molar-refractivity contribution in [1.29, 1.82) is 0 Å². The molecule has 1 aliphatic heterocycles. The molecule has 0 aliphatic carbocycles. The molecule has 0 saturated heterocycles. The molecule has 28 heavy (non-hydrogen) atoms. The molecular formula is C22H25NO5. The van der Waals surface area contributed by atoms with Crippen molar-refractivity contribution in [2.24, 2.45) is 0 Å². The largest absolute Gasteiger partial charge is 0.495 e. The van der Waals surface area contributed by atoms with E-state index in [2.05, 4.69) is 0 Å². The lowest BCUT2D eigenvalue weighted by Gasteiger charge is -2.21. The van der Waals surface area contributed by atoms with E-state index in [4.69, 9.17) is 18.9 Å². The zero-order valence-electron chi connectivity index (χ0n) is 16.9. The summed E-state index contributed by atoms with van der Waals surface area (Å²) in [5.74, 6) is 2.47. The number of ketones is 1. The van der Waals surface area contributed by atoms with Crippen LogP contribution in [0.5, 0.6) is 23.0 Å². The van der Waals surface area contributed by atoms with Crippen molar-refractivity contribution >= 4 is 17.5 Å². The number of rotatable bonds is 6. The summed E-state index contributed by atoms with van der Waals surface area (Å²) in [5, 5.41) is 0. The Morgan fingerprint density at radius 3 is 2.43 bits per heavy atom. The van der Waals surface area contributed by atoms with Gasteiger partial charge in [-0.2, -0.15) is 0 Å². The molecule has 0 atom stereocenters. The fourth-order valence-corrected chi connectivity index (χ4v) is 3.10. The van der Waals surface area contributed by atoms with Crippen molar-refractivity contribution in [3.63, 3.8) is 0 Å². The predicted molar refractivity (Wildman–Crippen MR) is 109 cm³/mol. The standard InChI is InChI=1S/C22H25NO5/c1-14(21(24)16-6-7-18(25-4)17(13-16)23(2)3)10-15-11-19(26-5)22-20(12-15)27-8-9-28-22/h6-7,10-13H,8-9H2,1-5H3. The zero-order chi connectivity index (χ0) is 20.3. The number of ether oxygens (including phenoxy) is 4. The third kappa shape index (κ3) is 3.91. The van der Waals surface area contributed by atoms with Gasteiger partial charge in [0.1, 0.15) is 19.0 Å². The summed E-state index contributed by atoms with van der Waals surface area (Å²) < 4.78 is 22.1. The van der Waals surface area contributed by atoms with Crippen LogP contribution in [0.4, 0.5) is 5.69 Å². The molecule has 2 aromatic rings. The Kier molecular flexibility index (Phi) is 5.78. The number of allylic oxidation sites excluding steroid dienone is 1. The minimum Gasteiger partial charge on any atom is -0.495 e. The number of Topliss-reactive ketones (excluding diaryl/α,β-unsaturated/α-hetero) is 1. The van der Waals surface area contributed by atoms with E-state index in [0.29, 0.717) is 41.6 Å². The van der Waals surface area contributed by atoms with Crippen LogP contribution in [0, 0.1) is 0 Å². The molecule has 148 valence electrons. The first-order chi connectivity index (χ1) is 13.4. The highest BCUT2D eigenvalue weighted by atomic mass is 16.6. The van der Waals surface area contributed by atoms with Crippen LogP contribution in [0.1, 0.15) is 22.8 Å². The van der Waals surface area contributed by atoms with Crippen LogP contribution in [0.2, 0.25) is 0 Å². The van der Waals surface area contributed by atoms with Crippen LogP contribution in [0.3, 0.4) is 0 Å². The van der Waals surface area contributed by atoms with Gasteiger partial charge in [0.15, 0.2) is 17.3 Å². The lowest BCUT2D eigenvalue weighted by atomic mass is 10.0. The maximum Gasteiger partial charge on any atom is 0.203 e. The molecule has 3 rings (SSSR count). The molecule has 0 N–H and O–H groups in total. The fraction of sp³-hybridized carbons (Fsp3) is 0.318. The van der Waals surface area contributed by atoms with E-state index < -0.39 is 0 Å². The molecular weight excluding hydrogens is 358 g/mol. The first-order valence-electron chi connectivity index (χ1n) is 9.00. The van der Waals surface area contributed by atoms with Crippen LogP contribution in [0.15, 0.2) is 35.9 Å². The average Bonchev–Trinajstić information content (AvgIpc) is 2.71. The van der Waals surface area contributed by atoms with Crippen LogP contribution < -0.4 is 23.8 Å². The third-order valence-electron chi connectivity index (χ3n) is 4.51. The molecule has 2 aromatic carbocycles. The minimum absolute atomic E-state index is 0.0559. The molecule has 0 bridgehead atoms. The van der Waals surface area contributed by atoms with E-state index in [9.17, 15) is 4.79 Å². The Bertz CT molecular complexity index is 900. The maximum atomic E-state index is 13.0. The average molecular weight is 383 g/mol. The van der Waals surface area contributed by atoms with Crippen molar-refractivity contribution < 1.29 is 23.7 Å². The van der Waals surface area contributed by atoms with E-state index in [1.807, 2.05) is 49.3 Å². The first kappa shape index (κ1) is 19.6. The summed E-state index contributed by atoms with van der Waals surface area (Å²) in [7, 11) is 7.02. The van der Waals surface area contributed by atoms with E-state index in [1.165, 1.54) is 0 Å². The van der Waals surface area contributed by atoms with Crippen molar-refractivity contribution in [3.05, 3.63) is 47.0 Å². The molecule has 0 radical (unpaired) electrons. The quantitative estimate of drug-likeness (QED) is 0.558. The minimum atomic E-state index is -0.0559. The van der Waals surface area contributed by atoms with Gasteiger partial charge in [0.05, 0.1) is 19.9 Å². The molecule has 1 heterocycles. The second kappa shape index (κ2) is 8.25. The van der Waals surface area contributed by atoms with Crippen molar-refractivity contribution in [2.75, 3.05) is 46.4 Å². The predicted octanol–water partition coefficient (Wildman–Crippen LogP) is 3.83. The number of hydrogen-bond acceptors (Lipinski definition) is 6. The van der Waals surface area contributed by atoms with Crippen LogP contribution in [-0.4, -0.2) is 47.3 Å². The molecule has 6 heteroatoms. The van der Waals surface area contributed by atoms with Crippen molar-refractivity contribution in [2.45, 2.75) is 6.92 Å². The number of carbonyl (C=O) groups excluding carboxylic acids is 1. The van der Waals surface area contributed by atoms with Gasteiger partial charge in [0.25, 0.3) is 0 Å². The van der Waals surface area contributed by atoms with Gasteiger partial charge >= 0.3 is 0 Å². The summed E-state index contributed by atoms with van der Waals surface area (Å²) in [4.78, 5) is 14.9. The Balaban J connectivity index is 1.93. The Morgan fingerprint density at radius 1 is 1.04 bits per heavy atom. The summed E-state index contributed by atoms with van der Waals surface area (Å²) in [6.45, 7) is 2.77. The van der Waals surface area contributed by atoms with Gasteiger partial charge in [-0.1, -0.05) is 0 Å². The van der Waals surface area contributed by atoms with Gasteiger partial charge in [0, 0.05) is 19.7 Å². The number of carbonyl (C=O) groups is 1. The normalized spacial score (nSPS) is 13.1. The lowest BCUT2D eigenvalue weighted by Crippen LogP contribution is -2.16. The van der Waals surface area contributed by atoms with Gasteiger partial charge in [-0.25, -0.2) is 0 Å². The van der Waals surface area contributed by atoms with Gasteiger partial charge < -0.3 is 23.8 Å². The molecule has 0 fully saturated rings. The second-order valence-electron chi connectivity index (χ2n) is 6.68. The van der Waals surface area contributed by atoms with Gasteiger partial charge in [-0.15, -0.1) is 0 Å². The number of nitrogens with zero attached hydrogens (tertiary/aromatic N) is 1. The Labute approximate surface area is 165 Å². The third-order valence-corrected chi connectivity index (χ3v) is 4.51. The molecule has 0 spiro atoms. The summed E-state index contributed by atoms with van der Waals surface area (Å²) in [6.07, 6.45) is 1.82. The second-order valence-corrected chi connectivity index (χ2v) is 6.68. The smallest absolute Gasteiger partial charge is 0.203 e. The fourth-order valence-electron chi connectivity index (χ4n) is 3.10. The van der Waals surface area contributed by atoms with Crippen LogP contribution in [-0.2, 0) is 0 Å². The Morgan fingerprint density at radius 2 is 1.75 bits per heavy atom.